The third-order valence-electron chi connectivity index (χ3n) is 3.13. The molecule has 2 nitrogen and oxygen atoms in total. The van der Waals surface area contributed by atoms with Crippen LogP contribution in [0.1, 0.15) is 25.8 Å². The molecule has 82 valence electrons. The van der Waals surface area contributed by atoms with Gasteiger partial charge < -0.3 is 11.1 Å². The zero-order valence-corrected chi connectivity index (χ0v) is 10.8. The van der Waals surface area contributed by atoms with Crippen LogP contribution in [0.25, 0.3) is 0 Å². The van der Waals surface area contributed by atoms with Crippen molar-refractivity contribution in [3.8, 4) is 0 Å². The van der Waals surface area contributed by atoms with Crippen LogP contribution in [0.4, 0.5) is 5.69 Å². The lowest BCUT2D eigenvalue weighted by Crippen LogP contribution is -2.19. The van der Waals surface area contributed by atoms with E-state index >= 15 is 0 Å². The van der Waals surface area contributed by atoms with Crippen molar-refractivity contribution < 1.29 is 0 Å². The van der Waals surface area contributed by atoms with Crippen molar-refractivity contribution in [3.63, 3.8) is 0 Å². The molecule has 1 unspecified atom stereocenters. The number of hydrogen-bond donors (Lipinski definition) is 2. The number of nitrogen functional groups attached to an aromatic ring is 1. The Labute approximate surface area is 99.4 Å². The van der Waals surface area contributed by atoms with Crippen LogP contribution in [0, 0.1) is 5.41 Å². The summed E-state index contributed by atoms with van der Waals surface area (Å²) in [5.74, 6) is 0. The van der Waals surface area contributed by atoms with Gasteiger partial charge in [0, 0.05) is 22.7 Å². The van der Waals surface area contributed by atoms with Crippen LogP contribution in [-0.2, 0) is 6.54 Å². The number of rotatable bonds is 3. The second kappa shape index (κ2) is 3.80. The Balaban J connectivity index is 1.92. The fourth-order valence-corrected chi connectivity index (χ4v) is 2.01. The zero-order chi connectivity index (χ0) is 11.1. The molecule has 1 fully saturated rings. The fraction of sp³-hybridized carbons (Fsp3) is 0.500. The number of halogens is 1. The molecule has 1 atom stereocenters. The molecule has 0 bridgehead atoms. The van der Waals surface area contributed by atoms with E-state index in [-0.39, 0.29) is 0 Å². The highest BCUT2D eigenvalue weighted by Gasteiger charge is 2.44. The van der Waals surface area contributed by atoms with Crippen LogP contribution < -0.4 is 11.1 Å². The molecule has 0 saturated heterocycles. The molecule has 1 aromatic carbocycles. The summed E-state index contributed by atoms with van der Waals surface area (Å²) in [6, 6.07) is 6.79. The molecular weight excluding hydrogens is 252 g/mol. The number of benzene rings is 1. The molecule has 0 heterocycles. The number of nitrogens with one attached hydrogen (secondary N) is 1. The SMILES string of the molecule is CC1(C)CC1NCc1ccc(Br)c(N)c1. The van der Waals surface area contributed by atoms with Gasteiger partial charge >= 0.3 is 0 Å². The van der Waals surface area contributed by atoms with Crippen molar-refractivity contribution in [1.29, 1.82) is 0 Å². The van der Waals surface area contributed by atoms with Gasteiger partial charge in [0.05, 0.1) is 0 Å². The lowest BCUT2D eigenvalue weighted by molar-refractivity contribution is 0.542. The van der Waals surface area contributed by atoms with Gasteiger partial charge in [0.15, 0.2) is 0 Å². The minimum absolute atomic E-state index is 0.487. The van der Waals surface area contributed by atoms with Gasteiger partial charge in [0.1, 0.15) is 0 Å². The molecule has 2 rings (SSSR count). The second-order valence-electron chi connectivity index (χ2n) is 4.98. The third-order valence-corrected chi connectivity index (χ3v) is 3.85. The smallest absolute Gasteiger partial charge is 0.0461 e. The fourth-order valence-electron chi connectivity index (χ4n) is 1.76. The van der Waals surface area contributed by atoms with Crippen molar-refractivity contribution >= 4 is 21.6 Å². The highest BCUT2D eigenvalue weighted by molar-refractivity contribution is 9.10. The van der Waals surface area contributed by atoms with Gasteiger partial charge in [-0.05, 0) is 45.5 Å². The van der Waals surface area contributed by atoms with Gasteiger partial charge in [-0.15, -0.1) is 0 Å². The predicted octanol–water partition coefficient (Wildman–Crippen LogP) is 2.92. The Morgan fingerprint density at radius 2 is 2.20 bits per heavy atom. The summed E-state index contributed by atoms with van der Waals surface area (Å²) in [4.78, 5) is 0. The Bertz CT molecular complexity index is 374. The third kappa shape index (κ3) is 2.52. The van der Waals surface area contributed by atoms with Crippen LogP contribution in [-0.4, -0.2) is 6.04 Å². The van der Waals surface area contributed by atoms with Gasteiger partial charge in [-0.2, -0.15) is 0 Å². The van der Waals surface area contributed by atoms with Crippen LogP contribution in [0.3, 0.4) is 0 Å². The molecule has 15 heavy (non-hydrogen) atoms. The highest BCUT2D eigenvalue weighted by atomic mass is 79.9. The van der Waals surface area contributed by atoms with E-state index in [2.05, 4.69) is 41.2 Å². The maximum atomic E-state index is 5.82. The highest BCUT2D eigenvalue weighted by Crippen LogP contribution is 2.44. The molecule has 0 radical (unpaired) electrons. The largest absolute Gasteiger partial charge is 0.398 e. The van der Waals surface area contributed by atoms with Gasteiger partial charge in [0.2, 0.25) is 0 Å². The van der Waals surface area contributed by atoms with Gasteiger partial charge in [-0.3, -0.25) is 0 Å². The van der Waals surface area contributed by atoms with Crippen LogP contribution in [0.2, 0.25) is 0 Å². The number of nitrogens with two attached hydrogens (primary N) is 1. The Hall–Kier alpha value is -0.540. The first kappa shape index (κ1) is 11.0. The van der Waals surface area contributed by atoms with E-state index in [1.165, 1.54) is 12.0 Å². The summed E-state index contributed by atoms with van der Waals surface area (Å²) >= 11 is 3.39. The van der Waals surface area contributed by atoms with Crippen molar-refractivity contribution in [1.82, 2.24) is 5.32 Å². The maximum Gasteiger partial charge on any atom is 0.0461 e. The molecule has 0 aromatic heterocycles. The second-order valence-corrected chi connectivity index (χ2v) is 5.84. The summed E-state index contributed by atoms with van der Waals surface area (Å²) in [6.07, 6.45) is 1.28. The quantitative estimate of drug-likeness (QED) is 0.828. The molecule has 0 amide bonds. The normalized spacial score (nSPS) is 22.7. The average molecular weight is 269 g/mol. The van der Waals surface area contributed by atoms with Crippen LogP contribution in [0.15, 0.2) is 22.7 Å². The first-order valence-corrected chi connectivity index (χ1v) is 6.05. The number of anilines is 1. The van der Waals surface area contributed by atoms with Gasteiger partial charge in [-0.25, -0.2) is 0 Å². The van der Waals surface area contributed by atoms with Crippen molar-refractivity contribution in [3.05, 3.63) is 28.2 Å². The summed E-state index contributed by atoms with van der Waals surface area (Å²) in [5, 5.41) is 3.54. The average Bonchev–Trinajstić information content (AvgIpc) is 2.77. The molecular formula is C12H17BrN2. The molecule has 1 aliphatic carbocycles. The van der Waals surface area contributed by atoms with E-state index in [9.17, 15) is 0 Å². The van der Waals surface area contributed by atoms with E-state index in [4.69, 9.17) is 5.73 Å². The van der Waals surface area contributed by atoms with Crippen molar-refractivity contribution in [2.75, 3.05) is 5.73 Å². The summed E-state index contributed by atoms with van der Waals surface area (Å²) in [7, 11) is 0. The molecule has 0 spiro atoms. The summed E-state index contributed by atoms with van der Waals surface area (Å²) in [5.41, 5.74) is 8.37. The lowest BCUT2D eigenvalue weighted by atomic mass is 10.1. The first-order chi connectivity index (χ1) is 6.99. The van der Waals surface area contributed by atoms with Gasteiger partial charge in [-0.1, -0.05) is 19.9 Å². The van der Waals surface area contributed by atoms with Crippen molar-refractivity contribution in [2.24, 2.45) is 5.41 Å². The van der Waals surface area contributed by atoms with E-state index in [1.54, 1.807) is 0 Å². The topological polar surface area (TPSA) is 38.0 Å². The van der Waals surface area contributed by atoms with Crippen molar-refractivity contribution in [2.45, 2.75) is 32.9 Å². The Kier molecular flexibility index (Phi) is 2.77. The van der Waals surface area contributed by atoms with Crippen LogP contribution in [0.5, 0.6) is 0 Å². The van der Waals surface area contributed by atoms with E-state index in [0.29, 0.717) is 11.5 Å². The standard InChI is InChI=1S/C12H17BrN2/c1-12(2)6-11(12)15-7-8-3-4-9(13)10(14)5-8/h3-5,11,15H,6-7,14H2,1-2H3. The predicted molar refractivity (Wildman–Crippen MR) is 67.6 cm³/mol. The molecule has 0 aliphatic heterocycles. The summed E-state index contributed by atoms with van der Waals surface area (Å²) < 4.78 is 0.970. The minimum Gasteiger partial charge on any atom is -0.398 e. The maximum absolute atomic E-state index is 5.82. The lowest BCUT2D eigenvalue weighted by Gasteiger charge is -2.07. The van der Waals surface area contributed by atoms with Gasteiger partial charge in [0.25, 0.3) is 0 Å². The molecule has 3 N–H and O–H groups in total. The summed E-state index contributed by atoms with van der Waals surface area (Å²) in [6.45, 7) is 5.49. The monoisotopic (exact) mass is 268 g/mol. The minimum atomic E-state index is 0.487. The molecule has 1 aliphatic rings. The van der Waals surface area contributed by atoms with E-state index in [1.807, 2.05) is 12.1 Å². The van der Waals surface area contributed by atoms with Crippen LogP contribution >= 0.6 is 15.9 Å². The van der Waals surface area contributed by atoms with E-state index in [0.717, 1.165) is 16.7 Å². The molecule has 1 saturated carbocycles. The number of hydrogen-bond acceptors (Lipinski definition) is 2. The zero-order valence-electron chi connectivity index (χ0n) is 9.18. The Morgan fingerprint density at radius 3 is 2.73 bits per heavy atom. The molecule has 1 aromatic rings. The Morgan fingerprint density at radius 1 is 1.53 bits per heavy atom. The first-order valence-electron chi connectivity index (χ1n) is 5.26. The van der Waals surface area contributed by atoms with E-state index < -0.39 is 0 Å². The molecule has 3 heteroatoms.